The molecule has 1 fully saturated rings. The van der Waals surface area contributed by atoms with Gasteiger partial charge in [0, 0.05) is 30.5 Å². The normalized spacial score (nSPS) is 24.9. The Balaban J connectivity index is 2.09. The highest BCUT2D eigenvalue weighted by Crippen LogP contribution is 2.56. The molecule has 0 spiro atoms. The summed E-state index contributed by atoms with van der Waals surface area (Å²) in [4.78, 5) is 2.24. The third-order valence-corrected chi connectivity index (χ3v) is 6.77. The molecule has 1 unspecified atom stereocenters. The van der Waals surface area contributed by atoms with Crippen molar-refractivity contribution in [2.24, 2.45) is 17.3 Å². The Morgan fingerprint density at radius 3 is 2.55 bits per heavy atom. The first-order valence-electron chi connectivity index (χ1n) is 10.3. The standard InChI is InChI=1S/C25H23N5O/c1-3-30-11-10-18-19(12-26)24(29)25(14-27,15-28)23(20(18)13-30)22-17-7-5-4-6-16(17)8-9-21(22)31-2/h4-10,19-20,23,29H,3,11,13H2,1-2H3/t19?,20-,23-/m0/s1. The van der Waals surface area contributed by atoms with Gasteiger partial charge < -0.3 is 10.1 Å². The molecule has 1 N–H and O–H groups in total. The number of hydrogen-bond acceptors (Lipinski definition) is 6. The average Bonchev–Trinajstić information content (AvgIpc) is 2.82. The Kier molecular flexibility index (Phi) is 5.24. The molecule has 2 aromatic carbocycles. The third kappa shape index (κ3) is 2.90. The molecule has 1 aliphatic carbocycles. The van der Waals surface area contributed by atoms with E-state index in [1.54, 1.807) is 7.11 Å². The second-order valence-electron chi connectivity index (χ2n) is 8.05. The maximum absolute atomic E-state index is 10.3. The van der Waals surface area contributed by atoms with Crippen molar-refractivity contribution in [3.63, 3.8) is 0 Å². The zero-order valence-electron chi connectivity index (χ0n) is 17.6. The number of methoxy groups -OCH3 is 1. The molecule has 1 heterocycles. The van der Waals surface area contributed by atoms with E-state index in [4.69, 9.17) is 10.1 Å². The fourth-order valence-corrected chi connectivity index (χ4v) is 5.21. The summed E-state index contributed by atoms with van der Waals surface area (Å²) in [5, 5.41) is 41.2. The van der Waals surface area contributed by atoms with Gasteiger partial charge in [0.05, 0.1) is 31.0 Å². The summed E-state index contributed by atoms with van der Waals surface area (Å²) in [5.74, 6) is -1.14. The van der Waals surface area contributed by atoms with Gasteiger partial charge in [0.15, 0.2) is 5.41 Å². The Hall–Kier alpha value is -3.66. The van der Waals surface area contributed by atoms with Crippen LogP contribution in [0.1, 0.15) is 18.4 Å². The highest BCUT2D eigenvalue weighted by atomic mass is 16.5. The predicted molar refractivity (Wildman–Crippen MR) is 117 cm³/mol. The zero-order chi connectivity index (χ0) is 22.2. The quantitative estimate of drug-likeness (QED) is 0.771. The van der Waals surface area contributed by atoms with Crippen LogP contribution in [0.5, 0.6) is 5.75 Å². The van der Waals surface area contributed by atoms with Crippen LogP contribution in [0.15, 0.2) is 48.0 Å². The minimum absolute atomic E-state index is 0.132. The van der Waals surface area contributed by atoms with E-state index in [2.05, 4.69) is 30.0 Å². The molecule has 0 amide bonds. The molecule has 4 rings (SSSR count). The molecule has 0 radical (unpaired) electrons. The molecular formula is C25H23N5O. The number of rotatable bonds is 3. The summed E-state index contributed by atoms with van der Waals surface area (Å²) in [6.45, 7) is 4.20. The van der Waals surface area contributed by atoms with Gasteiger partial charge in [-0.3, -0.25) is 4.90 Å². The number of hydrogen-bond donors (Lipinski definition) is 1. The van der Waals surface area contributed by atoms with Crippen molar-refractivity contribution in [3.8, 4) is 24.0 Å². The summed E-state index contributed by atoms with van der Waals surface area (Å²) < 4.78 is 5.72. The minimum Gasteiger partial charge on any atom is -0.496 e. The maximum Gasteiger partial charge on any atom is 0.189 e. The van der Waals surface area contributed by atoms with Crippen molar-refractivity contribution in [2.45, 2.75) is 12.8 Å². The van der Waals surface area contributed by atoms with E-state index in [9.17, 15) is 15.8 Å². The molecule has 0 bridgehead atoms. The predicted octanol–water partition coefficient (Wildman–Crippen LogP) is 4.02. The van der Waals surface area contributed by atoms with Gasteiger partial charge in [-0.1, -0.05) is 43.3 Å². The summed E-state index contributed by atoms with van der Waals surface area (Å²) in [6, 6.07) is 18.2. The fraction of sp³-hybridized carbons (Fsp3) is 0.360. The number of nitrogens with one attached hydrogen (secondary N) is 1. The first-order valence-corrected chi connectivity index (χ1v) is 10.3. The molecule has 6 nitrogen and oxygen atoms in total. The summed E-state index contributed by atoms with van der Waals surface area (Å²) >= 11 is 0. The number of likely N-dealkylation sites (N-methyl/N-ethyl adjacent to an activating group) is 1. The molecular weight excluding hydrogens is 386 g/mol. The fourth-order valence-electron chi connectivity index (χ4n) is 5.21. The van der Waals surface area contributed by atoms with Crippen LogP contribution in [0.2, 0.25) is 0 Å². The van der Waals surface area contributed by atoms with Gasteiger partial charge in [-0.2, -0.15) is 15.8 Å². The number of nitrogens with zero attached hydrogens (tertiary/aromatic N) is 4. The third-order valence-electron chi connectivity index (χ3n) is 6.77. The molecule has 1 aliphatic heterocycles. The average molecular weight is 409 g/mol. The summed E-state index contributed by atoms with van der Waals surface area (Å²) in [6.07, 6.45) is 2.02. The van der Waals surface area contributed by atoms with Crippen LogP contribution in [0, 0.1) is 56.7 Å². The van der Waals surface area contributed by atoms with Gasteiger partial charge >= 0.3 is 0 Å². The van der Waals surface area contributed by atoms with Crippen molar-refractivity contribution in [1.82, 2.24) is 4.90 Å². The van der Waals surface area contributed by atoms with Crippen LogP contribution in [0.3, 0.4) is 0 Å². The molecule has 154 valence electrons. The van der Waals surface area contributed by atoms with Crippen LogP contribution in [0.25, 0.3) is 10.8 Å². The van der Waals surface area contributed by atoms with Crippen LogP contribution in [-0.2, 0) is 0 Å². The van der Waals surface area contributed by atoms with Gasteiger partial charge in [-0.05, 0) is 29.0 Å². The molecule has 0 aromatic heterocycles. The van der Waals surface area contributed by atoms with Crippen molar-refractivity contribution in [2.75, 3.05) is 26.7 Å². The van der Waals surface area contributed by atoms with Crippen LogP contribution >= 0.6 is 0 Å². The minimum atomic E-state index is -1.75. The molecule has 0 saturated heterocycles. The summed E-state index contributed by atoms with van der Waals surface area (Å²) in [5.41, 5.74) is -0.277. The lowest BCUT2D eigenvalue weighted by atomic mass is 9.54. The Morgan fingerprint density at radius 1 is 1.16 bits per heavy atom. The molecule has 6 heteroatoms. The zero-order valence-corrected chi connectivity index (χ0v) is 17.6. The monoisotopic (exact) mass is 409 g/mol. The number of fused-ring (bicyclic) bond motifs is 2. The SMILES string of the molecule is CCN1CC=C2C(C#N)C(=N)C(C#N)(C#N)[C@H](c3c(OC)ccc4ccccc34)[C@H]2C1. The van der Waals surface area contributed by atoms with Gasteiger partial charge in [0.1, 0.15) is 11.7 Å². The van der Waals surface area contributed by atoms with Crippen molar-refractivity contribution < 1.29 is 4.74 Å². The van der Waals surface area contributed by atoms with Crippen LogP contribution < -0.4 is 4.74 Å². The van der Waals surface area contributed by atoms with E-state index < -0.39 is 17.3 Å². The first kappa shape index (κ1) is 20.6. The van der Waals surface area contributed by atoms with Crippen molar-refractivity contribution in [1.29, 1.82) is 21.2 Å². The highest BCUT2D eigenvalue weighted by Gasteiger charge is 2.58. The molecule has 2 aromatic rings. The number of nitriles is 3. The first-order chi connectivity index (χ1) is 15.1. The Bertz CT molecular complexity index is 1200. The van der Waals surface area contributed by atoms with Gasteiger partial charge in [-0.25, -0.2) is 0 Å². The lowest BCUT2D eigenvalue weighted by molar-refractivity contribution is 0.210. The molecule has 2 aliphatic rings. The largest absolute Gasteiger partial charge is 0.496 e. The maximum atomic E-state index is 10.3. The van der Waals surface area contributed by atoms with E-state index in [-0.39, 0.29) is 11.6 Å². The van der Waals surface area contributed by atoms with Gasteiger partial charge in [-0.15, -0.1) is 0 Å². The van der Waals surface area contributed by atoms with E-state index in [0.717, 1.165) is 28.5 Å². The Labute approximate surface area is 182 Å². The van der Waals surface area contributed by atoms with Crippen molar-refractivity contribution in [3.05, 3.63) is 53.6 Å². The molecule has 3 atom stereocenters. The molecule has 31 heavy (non-hydrogen) atoms. The van der Waals surface area contributed by atoms with Gasteiger partial charge in [0.25, 0.3) is 0 Å². The van der Waals surface area contributed by atoms with Crippen molar-refractivity contribution >= 4 is 16.5 Å². The van der Waals surface area contributed by atoms with E-state index >= 15 is 0 Å². The lowest BCUT2D eigenvalue weighted by Crippen LogP contribution is -2.53. The highest BCUT2D eigenvalue weighted by molar-refractivity contribution is 6.02. The number of benzene rings is 2. The smallest absolute Gasteiger partial charge is 0.189 e. The lowest BCUT2D eigenvalue weighted by Gasteiger charge is -2.48. The van der Waals surface area contributed by atoms with E-state index in [1.807, 2.05) is 42.5 Å². The molecule has 1 saturated carbocycles. The topological polar surface area (TPSA) is 108 Å². The second-order valence-corrected chi connectivity index (χ2v) is 8.05. The second kappa shape index (κ2) is 7.88. The van der Waals surface area contributed by atoms with E-state index in [0.29, 0.717) is 18.8 Å². The van der Waals surface area contributed by atoms with Crippen LogP contribution in [0.4, 0.5) is 0 Å². The summed E-state index contributed by atoms with van der Waals surface area (Å²) in [7, 11) is 1.58. The van der Waals surface area contributed by atoms with E-state index in [1.165, 1.54) is 0 Å². The van der Waals surface area contributed by atoms with Gasteiger partial charge in [0.2, 0.25) is 0 Å². The Morgan fingerprint density at radius 2 is 1.90 bits per heavy atom. The van der Waals surface area contributed by atoms with Crippen LogP contribution in [-0.4, -0.2) is 37.4 Å². The number of ether oxygens (including phenoxy) is 1.